The fraction of sp³-hybridized carbons (Fsp3) is 0.0588. The molecule has 5 nitrogen and oxygen atoms in total. The molecule has 1 heterocycles. The third-order valence-corrected chi connectivity index (χ3v) is 3.08. The highest BCUT2D eigenvalue weighted by Gasteiger charge is 2.15. The molecule has 23 heavy (non-hydrogen) atoms. The smallest absolute Gasteiger partial charge is 0.291 e. The molecular weight excluding hydrogens is 316 g/mol. The van der Waals surface area contributed by atoms with Crippen LogP contribution in [0.5, 0.6) is 0 Å². The Kier molecular flexibility index (Phi) is 5.77. The van der Waals surface area contributed by atoms with Gasteiger partial charge in [-0.2, -0.15) is 0 Å². The molecule has 0 radical (unpaired) electrons. The molecule has 0 atom stereocenters. The maximum Gasteiger partial charge on any atom is 0.291 e. The zero-order valence-electron chi connectivity index (χ0n) is 12.2. The summed E-state index contributed by atoms with van der Waals surface area (Å²) in [6.45, 7) is 3.82. The Morgan fingerprint density at radius 2 is 1.96 bits per heavy atom. The van der Waals surface area contributed by atoms with E-state index in [9.17, 15) is 9.59 Å². The van der Waals surface area contributed by atoms with Crippen LogP contribution in [0.3, 0.4) is 0 Å². The summed E-state index contributed by atoms with van der Waals surface area (Å²) in [5.74, 6) is -0.827. The molecule has 0 aliphatic heterocycles. The lowest BCUT2D eigenvalue weighted by Crippen LogP contribution is -2.34. The lowest BCUT2D eigenvalue weighted by molar-refractivity contribution is -0.117. The van der Waals surface area contributed by atoms with E-state index in [4.69, 9.17) is 16.0 Å². The molecule has 1 aromatic carbocycles. The molecule has 2 N–H and O–H groups in total. The maximum absolute atomic E-state index is 12.2. The van der Waals surface area contributed by atoms with Crippen molar-refractivity contribution in [1.29, 1.82) is 0 Å². The molecule has 0 aliphatic carbocycles. The quantitative estimate of drug-likeness (QED) is 0.631. The van der Waals surface area contributed by atoms with Crippen LogP contribution in [0.2, 0.25) is 5.02 Å². The zero-order valence-corrected chi connectivity index (χ0v) is 13.0. The van der Waals surface area contributed by atoms with Gasteiger partial charge in [0.15, 0.2) is 5.76 Å². The normalized spacial score (nSPS) is 10.9. The highest BCUT2D eigenvalue weighted by atomic mass is 35.5. The molecule has 2 aromatic rings. The number of nitrogens with one attached hydrogen (secondary N) is 2. The highest BCUT2D eigenvalue weighted by molar-refractivity contribution is 6.30. The largest absolute Gasteiger partial charge is 0.459 e. The predicted molar refractivity (Wildman–Crippen MR) is 88.8 cm³/mol. The topological polar surface area (TPSA) is 71.3 Å². The van der Waals surface area contributed by atoms with E-state index >= 15 is 0 Å². The minimum absolute atomic E-state index is 0.0931. The number of halogens is 1. The number of hydrogen-bond acceptors (Lipinski definition) is 3. The van der Waals surface area contributed by atoms with Crippen molar-refractivity contribution in [2.24, 2.45) is 0 Å². The first-order chi connectivity index (χ1) is 11.1. The first kappa shape index (κ1) is 16.6. The highest BCUT2D eigenvalue weighted by Crippen LogP contribution is 2.12. The third-order valence-electron chi connectivity index (χ3n) is 2.83. The molecule has 0 saturated heterocycles. The summed E-state index contributed by atoms with van der Waals surface area (Å²) in [6.07, 6.45) is 4.48. The van der Waals surface area contributed by atoms with Crippen molar-refractivity contribution in [3.05, 3.63) is 77.4 Å². The van der Waals surface area contributed by atoms with Crippen LogP contribution >= 0.6 is 11.6 Å². The van der Waals surface area contributed by atoms with Crippen LogP contribution in [0.1, 0.15) is 16.1 Å². The Labute approximate surface area is 138 Å². The third kappa shape index (κ3) is 4.86. The molecule has 0 bridgehead atoms. The summed E-state index contributed by atoms with van der Waals surface area (Å²) >= 11 is 5.84. The summed E-state index contributed by atoms with van der Waals surface area (Å²) in [4.78, 5) is 24.3. The van der Waals surface area contributed by atoms with Gasteiger partial charge in [-0.05, 0) is 35.9 Å². The molecule has 0 aliphatic rings. The van der Waals surface area contributed by atoms with Crippen molar-refractivity contribution in [2.75, 3.05) is 6.54 Å². The van der Waals surface area contributed by atoms with Crippen molar-refractivity contribution in [1.82, 2.24) is 10.6 Å². The minimum atomic E-state index is -0.510. The molecule has 0 spiro atoms. The number of rotatable bonds is 6. The van der Waals surface area contributed by atoms with Crippen molar-refractivity contribution >= 4 is 29.5 Å². The number of amides is 2. The van der Waals surface area contributed by atoms with Crippen LogP contribution in [0.25, 0.3) is 6.08 Å². The Morgan fingerprint density at radius 3 is 2.57 bits per heavy atom. The van der Waals surface area contributed by atoms with E-state index < -0.39 is 11.8 Å². The predicted octanol–water partition coefficient (Wildman–Crippen LogP) is 3.01. The van der Waals surface area contributed by atoms with Gasteiger partial charge in [0, 0.05) is 11.6 Å². The van der Waals surface area contributed by atoms with Crippen molar-refractivity contribution < 1.29 is 14.0 Å². The average molecular weight is 331 g/mol. The lowest BCUT2D eigenvalue weighted by atomic mass is 10.2. The van der Waals surface area contributed by atoms with Crippen molar-refractivity contribution in [2.45, 2.75) is 0 Å². The second-order valence-corrected chi connectivity index (χ2v) is 4.98. The number of carbonyl (C=O) groups is 2. The van der Waals surface area contributed by atoms with Crippen LogP contribution in [0.4, 0.5) is 0 Å². The molecule has 1 aromatic heterocycles. The van der Waals surface area contributed by atoms with E-state index in [-0.39, 0.29) is 18.0 Å². The second-order valence-electron chi connectivity index (χ2n) is 4.54. The van der Waals surface area contributed by atoms with Gasteiger partial charge in [0.05, 0.1) is 6.26 Å². The van der Waals surface area contributed by atoms with E-state index in [1.807, 2.05) is 0 Å². The Hall–Kier alpha value is -2.79. The Morgan fingerprint density at radius 1 is 1.22 bits per heavy atom. The minimum Gasteiger partial charge on any atom is -0.459 e. The van der Waals surface area contributed by atoms with Gasteiger partial charge < -0.3 is 15.1 Å². The zero-order chi connectivity index (χ0) is 16.7. The number of benzene rings is 1. The van der Waals surface area contributed by atoms with Gasteiger partial charge in [-0.15, -0.1) is 6.58 Å². The number of hydrogen-bond donors (Lipinski definition) is 2. The Bertz CT molecular complexity index is 719. The van der Waals surface area contributed by atoms with Crippen molar-refractivity contribution in [3.63, 3.8) is 0 Å². The number of carbonyl (C=O) groups excluding carboxylic acids is 2. The molecular formula is C17H15ClN2O3. The van der Waals surface area contributed by atoms with Crippen LogP contribution in [-0.4, -0.2) is 18.4 Å². The first-order valence-corrected chi connectivity index (χ1v) is 7.19. The van der Waals surface area contributed by atoms with Crippen LogP contribution < -0.4 is 10.6 Å². The molecule has 0 fully saturated rings. The molecule has 118 valence electrons. The molecule has 6 heteroatoms. The summed E-state index contributed by atoms with van der Waals surface area (Å²) in [7, 11) is 0. The fourth-order valence-corrected chi connectivity index (χ4v) is 1.86. The van der Waals surface area contributed by atoms with Gasteiger partial charge >= 0.3 is 0 Å². The van der Waals surface area contributed by atoms with Gasteiger partial charge in [-0.25, -0.2) is 0 Å². The summed E-state index contributed by atoms with van der Waals surface area (Å²) in [6, 6.07) is 9.97. The SMILES string of the molecule is C=CCNC(=O)/C(=C\c1ccc(Cl)cc1)NC(=O)c1ccco1. The summed E-state index contributed by atoms with van der Waals surface area (Å²) in [5, 5.41) is 5.74. The second kappa shape index (κ2) is 8.00. The molecule has 0 saturated carbocycles. The van der Waals surface area contributed by atoms with E-state index in [0.29, 0.717) is 5.02 Å². The van der Waals surface area contributed by atoms with Crippen LogP contribution in [0, 0.1) is 0 Å². The first-order valence-electron chi connectivity index (χ1n) is 6.81. The monoisotopic (exact) mass is 330 g/mol. The lowest BCUT2D eigenvalue weighted by Gasteiger charge is -2.09. The summed E-state index contributed by atoms with van der Waals surface area (Å²) in [5.41, 5.74) is 0.813. The maximum atomic E-state index is 12.2. The van der Waals surface area contributed by atoms with Crippen molar-refractivity contribution in [3.8, 4) is 0 Å². The molecule has 2 rings (SSSR count). The molecule has 2 amide bonds. The van der Waals surface area contributed by atoms with E-state index in [2.05, 4.69) is 17.2 Å². The fourth-order valence-electron chi connectivity index (χ4n) is 1.74. The van der Waals surface area contributed by atoms with Gasteiger partial charge in [0.2, 0.25) is 0 Å². The Balaban J connectivity index is 2.23. The van der Waals surface area contributed by atoms with Crippen LogP contribution in [0.15, 0.2) is 65.4 Å². The van der Waals surface area contributed by atoms with Gasteiger partial charge in [0.1, 0.15) is 5.70 Å². The summed E-state index contributed by atoms with van der Waals surface area (Å²) < 4.78 is 5.02. The number of furan rings is 1. The van der Waals surface area contributed by atoms with Crippen LogP contribution in [-0.2, 0) is 4.79 Å². The standard InChI is InChI=1S/C17H15ClN2O3/c1-2-9-19-16(21)14(11-12-5-7-13(18)8-6-12)20-17(22)15-4-3-10-23-15/h2-8,10-11H,1,9H2,(H,19,21)(H,20,22)/b14-11+. The van der Waals surface area contributed by atoms with E-state index in [1.54, 1.807) is 42.5 Å². The van der Waals surface area contributed by atoms with Gasteiger partial charge in [-0.1, -0.05) is 29.8 Å². The van der Waals surface area contributed by atoms with Gasteiger partial charge in [0.25, 0.3) is 11.8 Å². The average Bonchev–Trinajstić information content (AvgIpc) is 3.08. The molecule has 0 unspecified atom stereocenters. The van der Waals surface area contributed by atoms with E-state index in [1.165, 1.54) is 12.3 Å². The van der Waals surface area contributed by atoms with E-state index in [0.717, 1.165) is 5.56 Å². The van der Waals surface area contributed by atoms with Gasteiger partial charge in [-0.3, -0.25) is 9.59 Å².